The lowest BCUT2D eigenvalue weighted by molar-refractivity contribution is -0.112. The summed E-state index contributed by atoms with van der Waals surface area (Å²) in [5, 5.41) is 15.1. The molecule has 0 bridgehead atoms. The highest BCUT2D eigenvalue weighted by Gasteiger charge is 2.16. The number of ether oxygens (including phenoxy) is 2. The maximum atomic E-state index is 12.8. The zero-order chi connectivity index (χ0) is 26.4. The number of hydrogen-bond acceptors (Lipinski definition) is 4. The van der Waals surface area contributed by atoms with E-state index in [0.29, 0.717) is 41.0 Å². The summed E-state index contributed by atoms with van der Waals surface area (Å²) in [6, 6.07) is 24.8. The first-order chi connectivity index (χ1) is 17.9. The third-order valence-electron chi connectivity index (χ3n) is 5.40. The van der Waals surface area contributed by atoms with Gasteiger partial charge in [0.15, 0.2) is 11.5 Å². The first-order valence-corrected chi connectivity index (χ1v) is 13.2. The van der Waals surface area contributed by atoms with E-state index in [1.165, 1.54) is 11.5 Å². The lowest BCUT2D eigenvalue weighted by atomic mass is 10.1. The molecule has 5 nitrogen and oxygen atoms in total. The van der Waals surface area contributed by atoms with Gasteiger partial charge in [0.25, 0.3) is 5.91 Å². The lowest BCUT2D eigenvalue weighted by Gasteiger charge is -2.15. The van der Waals surface area contributed by atoms with Crippen LogP contribution < -0.4 is 14.8 Å². The van der Waals surface area contributed by atoms with Gasteiger partial charge in [-0.1, -0.05) is 65.7 Å². The molecule has 1 N–H and O–H groups in total. The van der Waals surface area contributed by atoms with Crippen molar-refractivity contribution in [2.45, 2.75) is 13.5 Å². The lowest BCUT2D eigenvalue weighted by Crippen LogP contribution is -2.13. The van der Waals surface area contributed by atoms with Crippen LogP contribution in [0, 0.1) is 14.9 Å². The summed E-state index contributed by atoms with van der Waals surface area (Å²) in [6.45, 7) is 2.67. The summed E-state index contributed by atoms with van der Waals surface area (Å²) in [5.41, 5.74) is 1.88. The van der Waals surface area contributed by atoms with Crippen LogP contribution in [0.1, 0.15) is 18.1 Å². The van der Waals surface area contributed by atoms with Gasteiger partial charge in [0.1, 0.15) is 18.2 Å². The van der Waals surface area contributed by atoms with Gasteiger partial charge < -0.3 is 14.8 Å². The molecule has 0 atom stereocenters. The number of carbonyl (C=O) groups excluding carboxylic acids is 1. The minimum absolute atomic E-state index is 0.0980. The fourth-order valence-electron chi connectivity index (χ4n) is 3.66. The van der Waals surface area contributed by atoms with E-state index in [2.05, 4.69) is 52.2 Å². The van der Waals surface area contributed by atoms with Gasteiger partial charge >= 0.3 is 0 Å². The molecule has 4 rings (SSSR count). The molecular weight excluding hydrogens is 622 g/mol. The normalized spacial score (nSPS) is 11.2. The average molecular weight is 643 g/mol. The number of hydrogen-bond donors (Lipinski definition) is 1. The van der Waals surface area contributed by atoms with Gasteiger partial charge in [0, 0.05) is 0 Å². The van der Waals surface area contributed by atoms with Crippen LogP contribution in [0.3, 0.4) is 0 Å². The van der Waals surface area contributed by atoms with E-state index < -0.39 is 5.91 Å². The molecule has 0 radical (unpaired) electrons. The quantitative estimate of drug-likeness (QED) is 0.119. The Labute approximate surface area is 238 Å². The SMILES string of the molecule is CCOc1cc(/C=C(/C#N)C(=O)Nc2cccc(Cl)c2Cl)cc(I)c1OCc1ccc2ccccc2c1. The van der Waals surface area contributed by atoms with Crippen molar-refractivity contribution < 1.29 is 14.3 Å². The Balaban J connectivity index is 1.57. The number of carbonyl (C=O) groups is 1. The van der Waals surface area contributed by atoms with E-state index in [4.69, 9.17) is 32.7 Å². The highest BCUT2D eigenvalue weighted by Crippen LogP contribution is 2.36. The van der Waals surface area contributed by atoms with Crippen molar-refractivity contribution in [3.8, 4) is 17.6 Å². The third kappa shape index (κ3) is 6.55. The zero-order valence-corrected chi connectivity index (χ0v) is 23.4. The molecule has 0 aliphatic rings. The van der Waals surface area contributed by atoms with E-state index >= 15 is 0 Å². The summed E-state index contributed by atoms with van der Waals surface area (Å²) in [5.74, 6) is 0.523. The van der Waals surface area contributed by atoms with Crippen molar-refractivity contribution >= 4 is 74.2 Å². The first-order valence-electron chi connectivity index (χ1n) is 11.3. The van der Waals surface area contributed by atoms with Crippen LogP contribution in [0.5, 0.6) is 11.5 Å². The number of nitriles is 1. The maximum Gasteiger partial charge on any atom is 0.266 e. The minimum Gasteiger partial charge on any atom is -0.490 e. The average Bonchev–Trinajstić information content (AvgIpc) is 2.89. The fraction of sp³-hybridized carbons (Fsp3) is 0.103. The fourth-order valence-corrected chi connectivity index (χ4v) is 4.79. The number of fused-ring (bicyclic) bond motifs is 1. The number of halogens is 3. The van der Waals surface area contributed by atoms with Crippen LogP contribution >= 0.6 is 45.8 Å². The highest BCUT2D eigenvalue weighted by atomic mass is 127. The van der Waals surface area contributed by atoms with Crippen LogP contribution in [0.4, 0.5) is 5.69 Å². The van der Waals surface area contributed by atoms with E-state index in [0.717, 1.165) is 14.5 Å². The maximum absolute atomic E-state index is 12.8. The second-order valence-electron chi connectivity index (χ2n) is 7.96. The summed E-state index contributed by atoms with van der Waals surface area (Å²) in [6.07, 6.45) is 1.49. The second-order valence-corrected chi connectivity index (χ2v) is 9.91. The van der Waals surface area contributed by atoms with Crippen LogP contribution in [-0.2, 0) is 11.4 Å². The molecule has 1 amide bonds. The van der Waals surface area contributed by atoms with E-state index in [1.54, 1.807) is 24.3 Å². The Hall–Kier alpha value is -3.25. The molecule has 0 unspecified atom stereocenters. The predicted octanol–water partition coefficient (Wildman–Crippen LogP) is 8.27. The second kappa shape index (κ2) is 12.3. The van der Waals surface area contributed by atoms with Gasteiger partial charge in [-0.05, 0) is 87.8 Å². The Morgan fingerprint density at radius 1 is 1.03 bits per heavy atom. The largest absolute Gasteiger partial charge is 0.490 e. The molecule has 0 aliphatic heterocycles. The number of amides is 1. The summed E-state index contributed by atoms with van der Waals surface area (Å²) in [4.78, 5) is 12.8. The molecule has 0 aliphatic carbocycles. The Kier molecular flexibility index (Phi) is 8.93. The van der Waals surface area contributed by atoms with Crippen molar-refractivity contribution in [3.05, 3.63) is 103 Å². The van der Waals surface area contributed by atoms with Crippen molar-refractivity contribution in [2.75, 3.05) is 11.9 Å². The van der Waals surface area contributed by atoms with Crippen LogP contribution in [0.25, 0.3) is 16.8 Å². The van der Waals surface area contributed by atoms with E-state index in [1.807, 2.05) is 37.3 Å². The smallest absolute Gasteiger partial charge is 0.266 e. The summed E-state index contributed by atoms with van der Waals surface area (Å²) >= 11 is 14.3. The molecule has 4 aromatic rings. The van der Waals surface area contributed by atoms with Gasteiger partial charge in [-0.25, -0.2) is 0 Å². The van der Waals surface area contributed by atoms with E-state index in [-0.39, 0.29) is 10.6 Å². The number of anilines is 1. The Bertz CT molecular complexity index is 1550. The minimum atomic E-state index is -0.601. The van der Waals surface area contributed by atoms with Crippen LogP contribution in [0.15, 0.2) is 78.4 Å². The third-order valence-corrected chi connectivity index (χ3v) is 7.02. The number of nitrogens with zero attached hydrogens (tertiary/aromatic N) is 1. The number of nitrogens with one attached hydrogen (secondary N) is 1. The molecule has 186 valence electrons. The molecule has 0 heterocycles. The standard InChI is InChI=1S/C29H21Cl2IN2O3/c1-2-36-26-15-19(13-22(16-33)29(35)34-25-9-5-8-23(30)27(25)31)14-24(32)28(26)37-17-18-10-11-20-6-3-4-7-21(20)12-18/h3-15H,2,17H2,1H3,(H,34,35)/b22-13-. The number of rotatable bonds is 8. The molecule has 0 spiro atoms. The molecule has 37 heavy (non-hydrogen) atoms. The summed E-state index contributed by atoms with van der Waals surface area (Å²) < 4.78 is 12.8. The van der Waals surface area contributed by atoms with Crippen LogP contribution in [-0.4, -0.2) is 12.5 Å². The topological polar surface area (TPSA) is 71.3 Å². The van der Waals surface area contributed by atoms with Crippen LogP contribution in [0.2, 0.25) is 10.0 Å². The Morgan fingerprint density at radius 3 is 2.57 bits per heavy atom. The molecular formula is C29H21Cl2IN2O3. The molecule has 0 aromatic heterocycles. The summed E-state index contributed by atoms with van der Waals surface area (Å²) in [7, 11) is 0. The van der Waals surface area contributed by atoms with Crippen molar-refractivity contribution in [1.29, 1.82) is 5.26 Å². The van der Waals surface area contributed by atoms with Gasteiger partial charge in [0.2, 0.25) is 0 Å². The molecule has 8 heteroatoms. The Morgan fingerprint density at radius 2 is 1.81 bits per heavy atom. The monoisotopic (exact) mass is 642 g/mol. The van der Waals surface area contributed by atoms with Gasteiger partial charge in [-0.15, -0.1) is 0 Å². The molecule has 0 saturated heterocycles. The number of benzene rings is 4. The van der Waals surface area contributed by atoms with Crippen molar-refractivity contribution in [3.63, 3.8) is 0 Å². The van der Waals surface area contributed by atoms with Crippen molar-refractivity contribution in [2.24, 2.45) is 0 Å². The highest BCUT2D eigenvalue weighted by molar-refractivity contribution is 14.1. The molecule has 4 aromatic carbocycles. The van der Waals surface area contributed by atoms with Gasteiger partial charge in [-0.2, -0.15) is 5.26 Å². The van der Waals surface area contributed by atoms with Gasteiger partial charge in [-0.3, -0.25) is 4.79 Å². The molecule has 0 saturated carbocycles. The predicted molar refractivity (Wildman–Crippen MR) is 157 cm³/mol. The zero-order valence-electron chi connectivity index (χ0n) is 19.7. The first kappa shape index (κ1) is 26.8. The van der Waals surface area contributed by atoms with E-state index in [9.17, 15) is 10.1 Å². The molecule has 0 fully saturated rings. The van der Waals surface area contributed by atoms with Gasteiger partial charge in [0.05, 0.1) is 25.9 Å². The van der Waals surface area contributed by atoms with Crippen molar-refractivity contribution in [1.82, 2.24) is 0 Å².